The molecule has 1 amide bonds. The van der Waals surface area contributed by atoms with Crippen LogP contribution in [0.5, 0.6) is 5.75 Å². The standard InChI is InChI=1S/C25H23N5O4S2/c1-15-12-16(2)27-24(26-15)30-36(32,33)20-10-8-19(9-11-20)28-25(35)29-23(31)21-13-17-6-4-5-7-18(17)14-22(21)34-3/h4-14H,1-3H3,(H,26,27,30)(H2,28,29,31,35). The van der Waals surface area contributed by atoms with Crippen molar-refractivity contribution in [2.75, 3.05) is 17.1 Å². The number of carbonyl (C=O) groups excluding carboxylic acids is 1. The smallest absolute Gasteiger partial charge is 0.264 e. The lowest BCUT2D eigenvalue weighted by atomic mass is 10.1. The number of benzene rings is 3. The summed E-state index contributed by atoms with van der Waals surface area (Å²) in [5.74, 6) is -0.0153. The van der Waals surface area contributed by atoms with Crippen molar-refractivity contribution in [3.8, 4) is 5.75 Å². The van der Waals surface area contributed by atoms with E-state index in [1.165, 1.54) is 31.4 Å². The summed E-state index contributed by atoms with van der Waals surface area (Å²) in [4.78, 5) is 21.1. The number of aromatic nitrogens is 2. The maximum atomic E-state index is 12.9. The van der Waals surface area contributed by atoms with Gasteiger partial charge in [0.15, 0.2) is 5.11 Å². The van der Waals surface area contributed by atoms with E-state index in [0.717, 1.165) is 10.8 Å². The summed E-state index contributed by atoms with van der Waals surface area (Å²) in [6, 6.07) is 18.8. The molecular weight excluding hydrogens is 498 g/mol. The van der Waals surface area contributed by atoms with Gasteiger partial charge in [0.25, 0.3) is 15.9 Å². The number of aryl methyl sites for hydroxylation is 2. The van der Waals surface area contributed by atoms with E-state index in [2.05, 4.69) is 25.3 Å². The Morgan fingerprint density at radius 1 is 0.917 bits per heavy atom. The molecule has 0 aliphatic heterocycles. The van der Waals surface area contributed by atoms with Gasteiger partial charge in [0.05, 0.1) is 17.6 Å². The van der Waals surface area contributed by atoms with Crippen molar-refractivity contribution >= 4 is 55.7 Å². The third-order valence-corrected chi connectivity index (χ3v) is 6.72. The average Bonchev–Trinajstić information content (AvgIpc) is 2.82. The SMILES string of the molecule is COc1cc2ccccc2cc1C(=O)NC(=S)Nc1ccc(S(=O)(=O)Nc2nc(C)cc(C)n2)cc1. The van der Waals surface area contributed by atoms with Crippen LogP contribution in [0, 0.1) is 13.8 Å². The van der Waals surface area contributed by atoms with Crippen LogP contribution < -0.4 is 20.1 Å². The summed E-state index contributed by atoms with van der Waals surface area (Å²) >= 11 is 5.27. The molecule has 0 aliphatic rings. The molecule has 1 heterocycles. The fourth-order valence-electron chi connectivity index (χ4n) is 3.57. The second-order valence-electron chi connectivity index (χ2n) is 7.91. The quantitative estimate of drug-likeness (QED) is 0.323. The highest BCUT2D eigenvalue weighted by atomic mass is 32.2. The second kappa shape index (κ2) is 10.3. The molecule has 4 aromatic rings. The van der Waals surface area contributed by atoms with E-state index in [1.54, 1.807) is 32.0 Å². The van der Waals surface area contributed by atoms with Gasteiger partial charge in [-0.25, -0.2) is 23.1 Å². The third kappa shape index (κ3) is 5.75. The molecule has 0 unspecified atom stereocenters. The first-order chi connectivity index (χ1) is 17.1. The second-order valence-corrected chi connectivity index (χ2v) is 10.0. The van der Waals surface area contributed by atoms with Crippen LogP contribution >= 0.6 is 12.2 Å². The van der Waals surface area contributed by atoms with Gasteiger partial charge in [0.2, 0.25) is 5.95 Å². The fraction of sp³-hybridized carbons (Fsp3) is 0.120. The summed E-state index contributed by atoms with van der Waals surface area (Å²) in [6.45, 7) is 3.51. The normalized spacial score (nSPS) is 11.1. The van der Waals surface area contributed by atoms with Gasteiger partial charge in [-0.3, -0.25) is 10.1 Å². The first-order valence-corrected chi connectivity index (χ1v) is 12.7. The third-order valence-electron chi connectivity index (χ3n) is 5.17. The number of fused-ring (bicyclic) bond motifs is 1. The summed E-state index contributed by atoms with van der Waals surface area (Å²) < 4.78 is 33.2. The van der Waals surface area contributed by atoms with Crippen molar-refractivity contribution in [2.24, 2.45) is 0 Å². The molecule has 0 saturated carbocycles. The Bertz CT molecular complexity index is 1550. The lowest BCUT2D eigenvalue weighted by Crippen LogP contribution is -2.34. The number of hydrogen-bond donors (Lipinski definition) is 3. The minimum atomic E-state index is -3.89. The molecule has 0 bridgehead atoms. The highest BCUT2D eigenvalue weighted by Gasteiger charge is 2.17. The molecule has 11 heteroatoms. The maximum Gasteiger partial charge on any atom is 0.264 e. The van der Waals surface area contributed by atoms with Gasteiger partial charge in [-0.05, 0) is 79.3 Å². The van der Waals surface area contributed by atoms with E-state index < -0.39 is 15.9 Å². The Hall–Kier alpha value is -4.09. The summed E-state index contributed by atoms with van der Waals surface area (Å²) in [6.07, 6.45) is 0. The van der Waals surface area contributed by atoms with Gasteiger partial charge in [0.1, 0.15) is 5.75 Å². The summed E-state index contributed by atoms with van der Waals surface area (Å²) in [5, 5.41) is 7.39. The van der Waals surface area contributed by atoms with Crippen molar-refractivity contribution in [3.05, 3.63) is 83.7 Å². The van der Waals surface area contributed by atoms with Crippen LogP contribution in [0.15, 0.2) is 71.6 Å². The lowest BCUT2D eigenvalue weighted by Gasteiger charge is -2.13. The lowest BCUT2D eigenvalue weighted by molar-refractivity contribution is 0.0975. The van der Waals surface area contributed by atoms with Gasteiger partial charge in [0, 0.05) is 17.1 Å². The van der Waals surface area contributed by atoms with Gasteiger partial charge >= 0.3 is 0 Å². The number of sulfonamides is 1. The predicted octanol–water partition coefficient (Wildman–Crippen LogP) is 4.18. The molecule has 0 saturated heterocycles. The zero-order chi connectivity index (χ0) is 25.9. The highest BCUT2D eigenvalue weighted by Crippen LogP contribution is 2.26. The molecule has 0 aliphatic carbocycles. The number of anilines is 2. The first-order valence-electron chi connectivity index (χ1n) is 10.8. The first kappa shape index (κ1) is 25.0. The van der Waals surface area contributed by atoms with E-state index in [0.29, 0.717) is 28.4 Å². The molecule has 184 valence electrons. The van der Waals surface area contributed by atoms with Crippen molar-refractivity contribution in [2.45, 2.75) is 18.7 Å². The fourth-order valence-corrected chi connectivity index (χ4v) is 4.72. The Kier molecular flexibility index (Phi) is 7.13. The number of nitrogens with zero attached hydrogens (tertiary/aromatic N) is 2. The Morgan fingerprint density at radius 3 is 2.14 bits per heavy atom. The van der Waals surface area contributed by atoms with Crippen LogP contribution in [0.1, 0.15) is 21.7 Å². The van der Waals surface area contributed by atoms with Gasteiger partial charge in [-0.1, -0.05) is 24.3 Å². The van der Waals surface area contributed by atoms with Crippen molar-refractivity contribution < 1.29 is 17.9 Å². The number of amides is 1. The van der Waals surface area contributed by atoms with Crippen molar-refractivity contribution in [1.82, 2.24) is 15.3 Å². The highest BCUT2D eigenvalue weighted by molar-refractivity contribution is 7.92. The van der Waals surface area contributed by atoms with Gasteiger partial charge in [-0.2, -0.15) is 0 Å². The van der Waals surface area contributed by atoms with E-state index >= 15 is 0 Å². The summed E-state index contributed by atoms with van der Waals surface area (Å²) in [5.41, 5.74) is 2.13. The largest absolute Gasteiger partial charge is 0.496 e. The zero-order valence-electron chi connectivity index (χ0n) is 19.7. The Labute approximate surface area is 214 Å². The van der Waals surface area contributed by atoms with E-state index in [4.69, 9.17) is 17.0 Å². The number of carbonyl (C=O) groups is 1. The van der Waals surface area contributed by atoms with Crippen LogP contribution in [0.4, 0.5) is 11.6 Å². The zero-order valence-corrected chi connectivity index (χ0v) is 21.3. The van der Waals surface area contributed by atoms with Crippen LogP contribution in [-0.2, 0) is 10.0 Å². The number of nitrogens with one attached hydrogen (secondary N) is 3. The molecule has 0 spiro atoms. The molecule has 4 rings (SSSR count). The molecule has 36 heavy (non-hydrogen) atoms. The predicted molar refractivity (Wildman–Crippen MR) is 143 cm³/mol. The summed E-state index contributed by atoms with van der Waals surface area (Å²) in [7, 11) is -2.40. The minimum Gasteiger partial charge on any atom is -0.496 e. The molecule has 0 radical (unpaired) electrons. The van der Waals surface area contributed by atoms with Crippen molar-refractivity contribution in [1.29, 1.82) is 0 Å². The van der Waals surface area contributed by atoms with E-state index in [1.807, 2.05) is 24.3 Å². The molecule has 1 aromatic heterocycles. The number of rotatable bonds is 6. The molecule has 9 nitrogen and oxygen atoms in total. The minimum absolute atomic E-state index is 0.00251. The van der Waals surface area contributed by atoms with E-state index in [-0.39, 0.29) is 16.0 Å². The van der Waals surface area contributed by atoms with E-state index in [9.17, 15) is 13.2 Å². The maximum absolute atomic E-state index is 12.9. The van der Waals surface area contributed by atoms with Crippen LogP contribution in [0.25, 0.3) is 10.8 Å². The molecule has 3 aromatic carbocycles. The van der Waals surface area contributed by atoms with Gasteiger partial charge in [-0.15, -0.1) is 0 Å². The molecule has 3 N–H and O–H groups in total. The van der Waals surface area contributed by atoms with Crippen LogP contribution in [0.2, 0.25) is 0 Å². The monoisotopic (exact) mass is 521 g/mol. The van der Waals surface area contributed by atoms with Crippen LogP contribution in [-0.4, -0.2) is 36.5 Å². The van der Waals surface area contributed by atoms with Crippen molar-refractivity contribution in [3.63, 3.8) is 0 Å². The molecule has 0 fully saturated rings. The topological polar surface area (TPSA) is 122 Å². The number of methoxy groups -OCH3 is 1. The number of ether oxygens (including phenoxy) is 1. The van der Waals surface area contributed by atoms with Gasteiger partial charge < -0.3 is 10.1 Å². The Balaban J connectivity index is 1.44. The average molecular weight is 522 g/mol. The van der Waals surface area contributed by atoms with Crippen LogP contribution in [0.3, 0.4) is 0 Å². The number of thiocarbonyl (C=S) groups is 1. The number of hydrogen-bond acceptors (Lipinski definition) is 7. The molecule has 0 atom stereocenters. The molecular formula is C25H23N5O4S2. The Morgan fingerprint density at radius 2 is 1.53 bits per heavy atom.